The second kappa shape index (κ2) is 5.31. The number of para-hydroxylation sites is 1. The summed E-state index contributed by atoms with van der Waals surface area (Å²) in [5.41, 5.74) is 2.67. The van der Waals surface area contributed by atoms with E-state index in [-0.39, 0.29) is 16.9 Å². The predicted octanol–water partition coefficient (Wildman–Crippen LogP) is 2.08. The lowest BCUT2D eigenvalue weighted by molar-refractivity contribution is 0.461. The van der Waals surface area contributed by atoms with Gasteiger partial charge in [-0.05, 0) is 12.1 Å². The predicted molar refractivity (Wildman–Crippen MR) is 66.1 cm³/mol. The Morgan fingerprint density at radius 3 is 2.89 bits per heavy atom. The molecule has 7 heteroatoms. The van der Waals surface area contributed by atoms with Gasteiger partial charge in [0.15, 0.2) is 0 Å². The van der Waals surface area contributed by atoms with Crippen LogP contribution in [0.1, 0.15) is 5.56 Å². The molecule has 6 nitrogen and oxygen atoms in total. The number of hydrogen-bond acceptors (Lipinski definition) is 6. The summed E-state index contributed by atoms with van der Waals surface area (Å²) in [6.45, 7) is 0. The summed E-state index contributed by atoms with van der Waals surface area (Å²) in [5.74, 6) is 5.85. The highest BCUT2D eigenvalue weighted by atomic mass is 35.5. The van der Waals surface area contributed by atoms with Gasteiger partial charge in [-0.3, -0.25) is 5.43 Å². The average molecular weight is 262 g/mol. The van der Waals surface area contributed by atoms with Crippen molar-refractivity contribution in [3.05, 3.63) is 41.0 Å². The van der Waals surface area contributed by atoms with Crippen LogP contribution in [0.4, 0.5) is 5.95 Å². The Morgan fingerprint density at radius 2 is 2.17 bits per heavy atom. The first kappa shape index (κ1) is 12.1. The number of nitriles is 1. The quantitative estimate of drug-likeness (QED) is 0.648. The fourth-order valence-corrected chi connectivity index (χ4v) is 1.37. The maximum Gasteiger partial charge on any atom is 0.243 e. The fourth-order valence-electron chi connectivity index (χ4n) is 1.24. The van der Waals surface area contributed by atoms with Gasteiger partial charge in [0.05, 0.1) is 11.8 Å². The Hall–Kier alpha value is -2.36. The van der Waals surface area contributed by atoms with Crippen LogP contribution in [-0.4, -0.2) is 9.97 Å². The van der Waals surface area contributed by atoms with E-state index in [0.717, 1.165) is 0 Å². The van der Waals surface area contributed by atoms with E-state index in [0.29, 0.717) is 11.3 Å². The van der Waals surface area contributed by atoms with Gasteiger partial charge < -0.3 is 4.74 Å². The third-order valence-corrected chi connectivity index (χ3v) is 2.31. The zero-order valence-corrected chi connectivity index (χ0v) is 9.85. The van der Waals surface area contributed by atoms with Crippen LogP contribution in [-0.2, 0) is 0 Å². The van der Waals surface area contributed by atoms with Crippen molar-refractivity contribution < 1.29 is 4.74 Å². The molecular formula is C11H8ClN5O. The molecule has 0 saturated heterocycles. The van der Waals surface area contributed by atoms with Crippen molar-refractivity contribution in [3.8, 4) is 17.7 Å². The van der Waals surface area contributed by atoms with Gasteiger partial charge in [0, 0.05) is 0 Å². The molecule has 2 rings (SSSR count). The SMILES string of the molecule is N#Cc1ccccc1Oc1nc(NN)ncc1Cl. The summed E-state index contributed by atoms with van der Waals surface area (Å²) < 4.78 is 5.47. The molecule has 1 heterocycles. The number of nitrogens with one attached hydrogen (secondary N) is 1. The number of benzene rings is 1. The van der Waals surface area contributed by atoms with E-state index in [9.17, 15) is 0 Å². The van der Waals surface area contributed by atoms with Gasteiger partial charge in [-0.1, -0.05) is 23.7 Å². The first-order chi connectivity index (χ1) is 8.74. The monoisotopic (exact) mass is 261 g/mol. The molecule has 0 spiro atoms. The minimum Gasteiger partial charge on any atom is -0.436 e. The lowest BCUT2D eigenvalue weighted by Crippen LogP contribution is -2.10. The molecule has 0 saturated carbocycles. The van der Waals surface area contributed by atoms with Gasteiger partial charge in [0.25, 0.3) is 0 Å². The molecule has 0 aliphatic heterocycles. The minimum atomic E-state index is 0.127. The molecule has 0 amide bonds. The molecule has 18 heavy (non-hydrogen) atoms. The normalized spacial score (nSPS) is 9.61. The van der Waals surface area contributed by atoms with Crippen molar-refractivity contribution in [2.45, 2.75) is 0 Å². The molecule has 90 valence electrons. The summed E-state index contributed by atoms with van der Waals surface area (Å²) >= 11 is 5.90. The van der Waals surface area contributed by atoms with Crippen molar-refractivity contribution in [1.29, 1.82) is 5.26 Å². The number of ether oxygens (including phenoxy) is 1. The summed E-state index contributed by atoms with van der Waals surface area (Å²) in [4.78, 5) is 7.77. The Labute approximate surface area is 108 Å². The number of aromatic nitrogens is 2. The molecular weight excluding hydrogens is 254 g/mol. The Bertz CT molecular complexity index is 611. The van der Waals surface area contributed by atoms with Crippen LogP contribution in [0.5, 0.6) is 11.6 Å². The Kier molecular flexibility index (Phi) is 3.57. The van der Waals surface area contributed by atoms with Gasteiger partial charge in [-0.15, -0.1) is 0 Å². The van der Waals surface area contributed by atoms with Crippen molar-refractivity contribution >= 4 is 17.5 Å². The number of nitrogen functional groups attached to an aromatic ring is 1. The first-order valence-electron chi connectivity index (χ1n) is 4.90. The zero-order valence-electron chi connectivity index (χ0n) is 9.09. The van der Waals surface area contributed by atoms with Crippen molar-refractivity contribution in [1.82, 2.24) is 9.97 Å². The Balaban J connectivity index is 2.37. The number of hydrazine groups is 1. The maximum atomic E-state index is 8.94. The van der Waals surface area contributed by atoms with E-state index in [4.69, 9.17) is 27.4 Å². The number of nitrogens with zero attached hydrogens (tertiary/aromatic N) is 3. The standard InChI is InChI=1S/C11H8ClN5O/c12-8-6-15-11(17-14)16-10(8)18-9-4-2-1-3-7(9)5-13/h1-4,6H,14H2,(H,15,16,17). The topological polar surface area (TPSA) is 96.8 Å². The molecule has 0 radical (unpaired) electrons. The van der Waals surface area contributed by atoms with E-state index in [2.05, 4.69) is 15.4 Å². The van der Waals surface area contributed by atoms with Crippen LogP contribution in [0.15, 0.2) is 30.5 Å². The molecule has 0 atom stereocenters. The third kappa shape index (κ3) is 2.48. The van der Waals surface area contributed by atoms with Crippen LogP contribution < -0.4 is 16.0 Å². The summed E-state index contributed by atoms with van der Waals surface area (Å²) in [6, 6.07) is 8.77. The summed E-state index contributed by atoms with van der Waals surface area (Å²) in [6.07, 6.45) is 1.36. The van der Waals surface area contributed by atoms with E-state index < -0.39 is 0 Å². The summed E-state index contributed by atoms with van der Waals surface area (Å²) in [5, 5.41) is 9.16. The van der Waals surface area contributed by atoms with E-state index in [1.54, 1.807) is 24.3 Å². The van der Waals surface area contributed by atoms with Crippen molar-refractivity contribution in [2.75, 3.05) is 5.43 Å². The molecule has 2 aromatic rings. The lowest BCUT2D eigenvalue weighted by atomic mass is 10.2. The molecule has 0 bridgehead atoms. The number of hydrogen-bond donors (Lipinski definition) is 2. The molecule has 3 N–H and O–H groups in total. The second-order valence-electron chi connectivity index (χ2n) is 3.20. The molecule has 1 aromatic carbocycles. The molecule has 0 aliphatic carbocycles. The molecule has 0 fully saturated rings. The van der Waals surface area contributed by atoms with Crippen LogP contribution in [0.25, 0.3) is 0 Å². The van der Waals surface area contributed by atoms with E-state index >= 15 is 0 Å². The first-order valence-corrected chi connectivity index (χ1v) is 5.28. The average Bonchev–Trinajstić information content (AvgIpc) is 2.42. The number of anilines is 1. The largest absolute Gasteiger partial charge is 0.436 e. The van der Waals surface area contributed by atoms with Crippen LogP contribution in [0.2, 0.25) is 5.02 Å². The maximum absolute atomic E-state index is 8.94. The zero-order chi connectivity index (χ0) is 13.0. The van der Waals surface area contributed by atoms with Gasteiger partial charge >= 0.3 is 0 Å². The van der Waals surface area contributed by atoms with Gasteiger partial charge in [0.1, 0.15) is 16.8 Å². The third-order valence-electron chi connectivity index (χ3n) is 2.06. The summed E-state index contributed by atoms with van der Waals surface area (Å²) in [7, 11) is 0. The highest BCUT2D eigenvalue weighted by Crippen LogP contribution is 2.29. The smallest absolute Gasteiger partial charge is 0.243 e. The van der Waals surface area contributed by atoms with E-state index in [1.807, 2.05) is 6.07 Å². The number of rotatable bonds is 3. The number of nitrogens with two attached hydrogens (primary N) is 1. The van der Waals surface area contributed by atoms with Crippen LogP contribution in [0.3, 0.4) is 0 Å². The molecule has 0 aliphatic rings. The molecule has 0 unspecified atom stereocenters. The van der Waals surface area contributed by atoms with E-state index in [1.165, 1.54) is 6.20 Å². The number of halogens is 1. The Morgan fingerprint density at radius 1 is 1.39 bits per heavy atom. The van der Waals surface area contributed by atoms with Gasteiger partial charge in [-0.25, -0.2) is 10.8 Å². The highest BCUT2D eigenvalue weighted by Gasteiger charge is 2.10. The van der Waals surface area contributed by atoms with Crippen LogP contribution >= 0.6 is 11.6 Å². The fraction of sp³-hybridized carbons (Fsp3) is 0. The minimum absolute atomic E-state index is 0.127. The lowest BCUT2D eigenvalue weighted by Gasteiger charge is -2.08. The second-order valence-corrected chi connectivity index (χ2v) is 3.61. The van der Waals surface area contributed by atoms with Crippen LogP contribution in [0, 0.1) is 11.3 Å². The van der Waals surface area contributed by atoms with Gasteiger partial charge in [-0.2, -0.15) is 10.2 Å². The van der Waals surface area contributed by atoms with Crippen molar-refractivity contribution in [3.63, 3.8) is 0 Å². The van der Waals surface area contributed by atoms with Gasteiger partial charge in [0.2, 0.25) is 11.8 Å². The molecule has 1 aromatic heterocycles. The highest BCUT2D eigenvalue weighted by molar-refractivity contribution is 6.31. The van der Waals surface area contributed by atoms with Crippen molar-refractivity contribution in [2.24, 2.45) is 5.84 Å².